The Morgan fingerprint density at radius 2 is 2.00 bits per heavy atom. The quantitative estimate of drug-likeness (QED) is 0.766. The zero-order valence-electron chi connectivity index (χ0n) is 13.9. The Hall–Kier alpha value is -1.02. The second-order valence-corrected chi connectivity index (χ2v) is 6.16. The highest BCUT2D eigenvalue weighted by molar-refractivity contribution is 5.31. The lowest BCUT2D eigenvalue weighted by atomic mass is 9.72. The topological polar surface area (TPSA) is 21.3 Å². The molecule has 0 radical (unpaired) electrons. The molecule has 1 fully saturated rings. The summed E-state index contributed by atoms with van der Waals surface area (Å²) in [4.78, 5) is 0. The van der Waals surface area contributed by atoms with E-state index < -0.39 is 0 Å². The molecule has 1 aliphatic rings. The smallest absolute Gasteiger partial charge is 0.119 e. The Bertz CT molecular complexity index is 418. The largest absolute Gasteiger partial charge is 0.494 e. The van der Waals surface area contributed by atoms with Gasteiger partial charge >= 0.3 is 0 Å². The van der Waals surface area contributed by atoms with Gasteiger partial charge in [-0.3, -0.25) is 0 Å². The summed E-state index contributed by atoms with van der Waals surface area (Å²) in [6.45, 7) is 8.36. The first-order valence-electron chi connectivity index (χ1n) is 8.76. The highest BCUT2D eigenvalue weighted by atomic mass is 16.5. The van der Waals surface area contributed by atoms with Crippen LogP contribution in [0.2, 0.25) is 0 Å². The molecule has 3 unspecified atom stereocenters. The van der Waals surface area contributed by atoms with Gasteiger partial charge in [0.2, 0.25) is 0 Å². The van der Waals surface area contributed by atoms with Crippen molar-refractivity contribution >= 4 is 0 Å². The predicted octanol–water partition coefficient (Wildman–Crippen LogP) is 4.95. The minimum atomic E-state index is 0.473. The lowest BCUT2D eigenvalue weighted by molar-refractivity contribution is 0.176. The molecule has 0 aliphatic heterocycles. The number of rotatable bonds is 7. The fourth-order valence-corrected chi connectivity index (χ4v) is 3.88. The molecular formula is C19H31NO. The first-order chi connectivity index (χ1) is 10.3. The van der Waals surface area contributed by atoms with E-state index in [-0.39, 0.29) is 0 Å². The third kappa shape index (κ3) is 4.23. The maximum Gasteiger partial charge on any atom is 0.119 e. The van der Waals surface area contributed by atoms with Crippen molar-refractivity contribution in [3.05, 3.63) is 29.8 Å². The fraction of sp³-hybridized carbons (Fsp3) is 0.684. The first-order valence-corrected chi connectivity index (χ1v) is 8.76. The van der Waals surface area contributed by atoms with E-state index in [9.17, 15) is 0 Å². The SMILES string of the molecule is CCNC(c1cccc(OCC)c1)C1CCCCC1CC. The van der Waals surface area contributed by atoms with Gasteiger partial charge in [0, 0.05) is 6.04 Å². The van der Waals surface area contributed by atoms with E-state index in [4.69, 9.17) is 4.74 Å². The van der Waals surface area contributed by atoms with Crippen LogP contribution in [0.4, 0.5) is 0 Å². The Morgan fingerprint density at radius 1 is 1.19 bits per heavy atom. The minimum absolute atomic E-state index is 0.473. The van der Waals surface area contributed by atoms with E-state index in [1.165, 1.54) is 37.7 Å². The molecule has 0 amide bonds. The van der Waals surface area contributed by atoms with E-state index in [2.05, 4.69) is 43.4 Å². The molecule has 1 saturated carbocycles. The van der Waals surface area contributed by atoms with E-state index in [0.717, 1.165) is 30.7 Å². The number of hydrogen-bond acceptors (Lipinski definition) is 2. The normalized spacial score (nSPS) is 23.8. The van der Waals surface area contributed by atoms with Crippen LogP contribution in [0.25, 0.3) is 0 Å². The Labute approximate surface area is 130 Å². The second kappa shape index (κ2) is 8.43. The van der Waals surface area contributed by atoms with Gasteiger partial charge in [-0.15, -0.1) is 0 Å². The van der Waals surface area contributed by atoms with E-state index >= 15 is 0 Å². The maximum absolute atomic E-state index is 5.69. The van der Waals surface area contributed by atoms with Crippen molar-refractivity contribution in [1.29, 1.82) is 0 Å². The molecule has 0 aromatic heterocycles. The zero-order valence-corrected chi connectivity index (χ0v) is 13.9. The van der Waals surface area contributed by atoms with E-state index in [1.807, 2.05) is 6.92 Å². The lowest BCUT2D eigenvalue weighted by Crippen LogP contribution is -2.34. The van der Waals surface area contributed by atoms with Crippen LogP contribution in [-0.2, 0) is 0 Å². The summed E-state index contributed by atoms with van der Waals surface area (Å²) in [5, 5.41) is 3.75. The number of benzene rings is 1. The number of ether oxygens (including phenoxy) is 1. The van der Waals surface area contributed by atoms with Crippen LogP contribution in [0.5, 0.6) is 5.75 Å². The van der Waals surface area contributed by atoms with Crippen LogP contribution in [0.1, 0.15) is 64.5 Å². The van der Waals surface area contributed by atoms with Crippen LogP contribution in [0.3, 0.4) is 0 Å². The van der Waals surface area contributed by atoms with Crippen molar-refractivity contribution in [2.24, 2.45) is 11.8 Å². The van der Waals surface area contributed by atoms with Crippen LogP contribution in [0.15, 0.2) is 24.3 Å². The van der Waals surface area contributed by atoms with Crippen LogP contribution in [-0.4, -0.2) is 13.2 Å². The average molecular weight is 289 g/mol. The van der Waals surface area contributed by atoms with Crippen molar-refractivity contribution in [1.82, 2.24) is 5.32 Å². The summed E-state index contributed by atoms with van der Waals surface area (Å²) in [7, 11) is 0. The highest BCUT2D eigenvalue weighted by Crippen LogP contribution is 2.40. The molecule has 1 aromatic carbocycles. The summed E-state index contributed by atoms with van der Waals surface area (Å²) in [6.07, 6.45) is 6.85. The van der Waals surface area contributed by atoms with Crippen molar-refractivity contribution in [2.75, 3.05) is 13.2 Å². The molecule has 0 saturated heterocycles. The van der Waals surface area contributed by atoms with Gasteiger partial charge in [-0.05, 0) is 49.4 Å². The number of nitrogens with one attached hydrogen (secondary N) is 1. The Morgan fingerprint density at radius 3 is 2.71 bits per heavy atom. The fourth-order valence-electron chi connectivity index (χ4n) is 3.88. The summed E-state index contributed by atoms with van der Waals surface area (Å²) in [5.41, 5.74) is 1.40. The van der Waals surface area contributed by atoms with Crippen LogP contribution in [0, 0.1) is 11.8 Å². The molecular weight excluding hydrogens is 258 g/mol. The van der Waals surface area contributed by atoms with Crippen LogP contribution < -0.4 is 10.1 Å². The van der Waals surface area contributed by atoms with Gasteiger partial charge in [-0.1, -0.05) is 51.7 Å². The highest BCUT2D eigenvalue weighted by Gasteiger charge is 2.31. The van der Waals surface area contributed by atoms with Crippen LogP contribution >= 0.6 is 0 Å². The van der Waals surface area contributed by atoms with Crippen molar-refractivity contribution < 1.29 is 4.74 Å². The van der Waals surface area contributed by atoms with Gasteiger partial charge in [0.05, 0.1) is 6.61 Å². The first kappa shape index (κ1) is 16.4. The molecule has 1 aromatic rings. The zero-order chi connectivity index (χ0) is 15.1. The second-order valence-electron chi connectivity index (χ2n) is 6.16. The van der Waals surface area contributed by atoms with Gasteiger partial charge in [0.25, 0.3) is 0 Å². The number of hydrogen-bond donors (Lipinski definition) is 1. The van der Waals surface area contributed by atoms with Gasteiger partial charge in [-0.25, -0.2) is 0 Å². The van der Waals surface area contributed by atoms with Gasteiger partial charge in [0.15, 0.2) is 0 Å². The minimum Gasteiger partial charge on any atom is -0.494 e. The average Bonchev–Trinajstić information content (AvgIpc) is 2.53. The van der Waals surface area contributed by atoms with E-state index in [1.54, 1.807) is 0 Å². The molecule has 21 heavy (non-hydrogen) atoms. The standard InChI is InChI=1S/C19H31NO/c1-4-15-10-7-8-13-18(15)19(20-5-2)16-11-9-12-17(14-16)21-6-3/h9,11-12,14-15,18-20H,4-8,10,13H2,1-3H3. The van der Waals surface area contributed by atoms with Crippen molar-refractivity contribution in [2.45, 2.75) is 58.9 Å². The third-order valence-corrected chi connectivity index (χ3v) is 4.87. The summed E-state index contributed by atoms with van der Waals surface area (Å²) < 4.78 is 5.69. The predicted molar refractivity (Wildman–Crippen MR) is 89.8 cm³/mol. The van der Waals surface area contributed by atoms with Gasteiger partial charge in [0.1, 0.15) is 5.75 Å². The Kier molecular flexibility index (Phi) is 6.56. The summed E-state index contributed by atoms with van der Waals surface area (Å²) in [6, 6.07) is 9.17. The molecule has 0 spiro atoms. The summed E-state index contributed by atoms with van der Waals surface area (Å²) >= 11 is 0. The third-order valence-electron chi connectivity index (χ3n) is 4.87. The molecule has 2 nitrogen and oxygen atoms in total. The lowest BCUT2D eigenvalue weighted by Gasteiger charge is -2.37. The Balaban J connectivity index is 2.22. The monoisotopic (exact) mass is 289 g/mol. The molecule has 2 rings (SSSR count). The molecule has 3 atom stereocenters. The molecule has 2 heteroatoms. The van der Waals surface area contributed by atoms with E-state index in [0.29, 0.717) is 6.04 Å². The molecule has 1 aliphatic carbocycles. The maximum atomic E-state index is 5.69. The van der Waals surface area contributed by atoms with Gasteiger partial charge < -0.3 is 10.1 Å². The van der Waals surface area contributed by atoms with Gasteiger partial charge in [-0.2, -0.15) is 0 Å². The molecule has 1 N–H and O–H groups in total. The van der Waals surface area contributed by atoms with Crippen molar-refractivity contribution in [3.63, 3.8) is 0 Å². The molecule has 118 valence electrons. The molecule has 0 heterocycles. The molecule has 0 bridgehead atoms. The summed E-state index contributed by atoms with van der Waals surface area (Å²) in [5.74, 6) is 2.63. The van der Waals surface area contributed by atoms with Crippen molar-refractivity contribution in [3.8, 4) is 5.75 Å².